The molecule has 1 aliphatic rings. The molecule has 0 unspecified atom stereocenters. The number of alkyl halides is 3. The highest BCUT2D eigenvalue weighted by Gasteiger charge is 2.29. The van der Waals surface area contributed by atoms with Gasteiger partial charge in [-0.1, -0.05) is 42.5 Å². The lowest BCUT2D eigenvalue weighted by Gasteiger charge is -2.34. The number of allylic oxidation sites excluding steroid dienone is 4. The average Bonchev–Trinajstić information content (AvgIpc) is 3.26. The molecule has 1 saturated heterocycles. The van der Waals surface area contributed by atoms with Gasteiger partial charge in [0.1, 0.15) is 5.82 Å². The molecule has 0 aliphatic carbocycles. The highest BCUT2D eigenvalue weighted by Crippen LogP contribution is 2.25. The first-order chi connectivity index (χ1) is 16.7. The van der Waals surface area contributed by atoms with Crippen LogP contribution < -0.4 is 5.32 Å². The number of rotatable bonds is 5. The van der Waals surface area contributed by atoms with Crippen molar-refractivity contribution in [2.24, 2.45) is 0 Å². The Morgan fingerprint density at radius 1 is 1.06 bits per heavy atom. The van der Waals surface area contributed by atoms with E-state index in [0.717, 1.165) is 47.5 Å². The van der Waals surface area contributed by atoms with E-state index in [0.29, 0.717) is 31.9 Å². The number of fused-ring (bicyclic) bond motifs is 1. The van der Waals surface area contributed by atoms with Crippen molar-refractivity contribution in [2.75, 3.05) is 26.2 Å². The summed E-state index contributed by atoms with van der Waals surface area (Å²) in [6, 6.07) is 15.9. The molecule has 0 radical (unpaired) electrons. The zero-order chi connectivity index (χ0) is 25.0. The Morgan fingerprint density at radius 3 is 2.46 bits per heavy atom. The summed E-state index contributed by atoms with van der Waals surface area (Å²) in [4.78, 5) is 24.5. The monoisotopic (exact) mass is 483 g/mol. The zero-order valence-electron chi connectivity index (χ0n) is 19.7. The van der Waals surface area contributed by atoms with Gasteiger partial charge in [-0.05, 0) is 37.6 Å². The predicted octanol–water partition coefficient (Wildman–Crippen LogP) is 5.47. The van der Waals surface area contributed by atoms with E-state index in [-0.39, 0.29) is 6.03 Å². The molecule has 1 fully saturated rings. The topological polar surface area (TPSA) is 64.3 Å². The third-order valence-corrected chi connectivity index (χ3v) is 5.99. The van der Waals surface area contributed by atoms with Gasteiger partial charge >= 0.3 is 12.2 Å². The first-order valence-electron chi connectivity index (χ1n) is 11.4. The first kappa shape index (κ1) is 24.5. The van der Waals surface area contributed by atoms with Crippen LogP contribution in [0, 0.1) is 0 Å². The highest BCUT2D eigenvalue weighted by molar-refractivity contribution is 5.80. The minimum absolute atomic E-state index is 0.302. The fraction of sp³-hybridized carbons (Fsp3) is 0.308. The number of aromatic amines is 1. The van der Waals surface area contributed by atoms with Gasteiger partial charge in [0.15, 0.2) is 0 Å². The Hall–Kier alpha value is -3.59. The third kappa shape index (κ3) is 6.30. The van der Waals surface area contributed by atoms with E-state index < -0.39 is 11.7 Å². The Morgan fingerprint density at radius 2 is 1.77 bits per heavy atom. The number of imidazole rings is 1. The summed E-state index contributed by atoms with van der Waals surface area (Å²) in [7, 11) is 0. The van der Waals surface area contributed by atoms with Crippen LogP contribution in [0.4, 0.5) is 18.0 Å². The van der Waals surface area contributed by atoms with Crippen LogP contribution in [0.5, 0.6) is 0 Å². The van der Waals surface area contributed by atoms with Crippen LogP contribution in [0.2, 0.25) is 0 Å². The van der Waals surface area contributed by atoms with Crippen LogP contribution in [0.1, 0.15) is 19.4 Å². The van der Waals surface area contributed by atoms with Crippen molar-refractivity contribution in [1.29, 1.82) is 0 Å². The highest BCUT2D eigenvalue weighted by atomic mass is 19.4. The molecule has 3 aromatic rings. The van der Waals surface area contributed by atoms with Gasteiger partial charge in [-0.15, -0.1) is 0 Å². The quantitative estimate of drug-likeness (QED) is 0.473. The normalized spacial score (nSPS) is 16.1. The number of amides is 2. The van der Waals surface area contributed by atoms with Crippen molar-refractivity contribution in [1.82, 2.24) is 25.1 Å². The van der Waals surface area contributed by atoms with Gasteiger partial charge in [0, 0.05) is 49.6 Å². The molecule has 1 aromatic heterocycles. The second-order valence-corrected chi connectivity index (χ2v) is 8.69. The summed E-state index contributed by atoms with van der Waals surface area (Å²) in [5, 5.41) is 2.66. The number of hydrogen-bond donors (Lipinski definition) is 2. The standard InChI is InChI=1S/C26H28F3N5O/c1-18(26(27,28)29)8-9-19(2)30-25(35)34-14-12-33(13-15-34)17-20-10-11-22-23(16-20)32-24(31-22)21-6-4-3-5-7-21/h3-11,16H,12-15,17H2,1-2H3,(H,30,35)(H,31,32)/b18-8+,19-9+. The van der Waals surface area contributed by atoms with Gasteiger partial charge in [-0.3, -0.25) is 4.90 Å². The Kier molecular flexibility index (Phi) is 7.25. The van der Waals surface area contributed by atoms with Crippen molar-refractivity contribution in [3.63, 3.8) is 0 Å². The number of urea groups is 1. The summed E-state index contributed by atoms with van der Waals surface area (Å²) >= 11 is 0. The van der Waals surface area contributed by atoms with E-state index in [2.05, 4.69) is 32.3 Å². The summed E-state index contributed by atoms with van der Waals surface area (Å²) in [5.41, 5.74) is 3.74. The predicted molar refractivity (Wildman–Crippen MR) is 130 cm³/mol. The van der Waals surface area contributed by atoms with Crippen molar-refractivity contribution < 1.29 is 18.0 Å². The molecule has 2 aromatic carbocycles. The lowest BCUT2D eigenvalue weighted by Crippen LogP contribution is -2.51. The summed E-state index contributed by atoms with van der Waals surface area (Å²) in [5.74, 6) is 0.839. The molecule has 0 spiro atoms. The Labute approximate surface area is 202 Å². The SMILES string of the molecule is C/C(=C\C=C(/C)C(F)(F)F)NC(=O)N1CCN(Cc2ccc3nc(-c4ccccc4)[nH]c3c2)CC1. The maximum Gasteiger partial charge on any atom is 0.412 e. The molecule has 0 atom stereocenters. The van der Waals surface area contributed by atoms with E-state index in [1.165, 1.54) is 6.08 Å². The van der Waals surface area contributed by atoms with Crippen molar-refractivity contribution >= 4 is 17.1 Å². The van der Waals surface area contributed by atoms with Gasteiger partial charge in [0.25, 0.3) is 0 Å². The van der Waals surface area contributed by atoms with Gasteiger partial charge in [-0.2, -0.15) is 13.2 Å². The van der Waals surface area contributed by atoms with Crippen LogP contribution in [-0.4, -0.2) is 58.2 Å². The van der Waals surface area contributed by atoms with E-state index in [9.17, 15) is 18.0 Å². The minimum Gasteiger partial charge on any atom is -0.338 e. The number of nitrogens with one attached hydrogen (secondary N) is 2. The maximum absolute atomic E-state index is 12.6. The molecule has 9 heteroatoms. The minimum atomic E-state index is -4.37. The zero-order valence-corrected chi connectivity index (χ0v) is 19.7. The number of carbonyl (C=O) groups is 1. The molecule has 6 nitrogen and oxygen atoms in total. The van der Waals surface area contributed by atoms with Crippen LogP contribution in [0.3, 0.4) is 0 Å². The van der Waals surface area contributed by atoms with Gasteiger partial charge in [0.05, 0.1) is 11.0 Å². The molecule has 184 valence electrons. The fourth-order valence-corrected chi connectivity index (χ4v) is 3.89. The Bertz CT molecular complexity index is 1240. The van der Waals surface area contributed by atoms with Gasteiger partial charge < -0.3 is 15.2 Å². The second-order valence-electron chi connectivity index (χ2n) is 8.69. The molecule has 4 rings (SSSR count). The number of hydrogen-bond acceptors (Lipinski definition) is 3. The summed E-state index contributed by atoms with van der Waals surface area (Å²) in [6.07, 6.45) is -2.14. The number of H-pyrrole nitrogens is 1. The van der Waals surface area contributed by atoms with E-state index in [1.807, 2.05) is 36.4 Å². The van der Waals surface area contributed by atoms with Crippen LogP contribution in [0.15, 0.2) is 72.0 Å². The molecular weight excluding hydrogens is 455 g/mol. The molecule has 1 aliphatic heterocycles. The number of piperazine rings is 1. The average molecular weight is 484 g/mol. The summed E-state index contributed by atoms with van der Waals surface area (Å²) in [6.45, 7) is 5.83. The lowest BCUT2D eigenvalue weighted by molar-refractivity contribution is -0.0913. The van der Waals surface area contributed by atoms with Crippen LogP contribution in [0.25, 0.3) is 22.4 Å². The maximum atomic E-state index is 12.6. The second kappa shape index (κ2) is 10.4. The first-order valence-corrected chi connectivity index (χ1v) is 11.4. The van der Waals surface area contributed by atoms with Crippen molar-refractivity contribution in [3.05, 3.63) is 77.5 Å². The van der Waals surface area contributed by atoms with E-state index in [4.69, 9.17) is 0 Å². The number of benzene rings is 2. The van der Waals surface area contributed by atoms with Crippen molar-refractivity contribution in [3.8, 4) is 11.4 Å². The van der Waals surface area contributed by atoms with Crippen LogP contribution >= 0.6 is 0 Å². The summed E-state index contributed by atoms with van der Waals surface area (Å²) < 4.78 is 37.8. The molecule has 2 amide bonds. The van der Waals surface area contributed by atoms with E-state index in [1.54, 1.807) is 11.8 Å². The van der Waals surface area contributed by atoms with Crippen molar-refractivity contribution in [2.45, 2.75) is 26.6 Å². The smallest absolute Gasteiger partial charge is 0.338 e. The molecule has 2 N–H and O–H groups in total. The lowest BCUT2D eigenvalue weighted by atomic mass is 10.1. The molecule has 35 heavy (non-hydrogen) atoms. The van der Waals surface area contributed by atoms with Gasteiger partial charge in [0.2, 0.25) is 0 Å². The van der Waals surface area contributed by atoms with E-state index >= 15 is 0 Å². The molecule has 2 heterocycles. The number of nitrogens with zero attached hydrogens (tertiary/aromatic N) is 3. The third-order valence-electron chi connectivity index (χ3n) is 5.99. The fourth-order valence-electron chi connectivity index (χ4n) is 3.89. The number of halogens is 3. The molecule has 0 bridgehead atoms. The van der Waals surface area contributed by atoms with Gasteiger partial charge in [-0.25, -0.2) is 9.78 Å². The number of carbonyl (C=O) groups excluding carboxylic acids is 1. The molecule has 0 saturated carbocycles. The molecular formula is C26H28F3N5O. The number of aromatic nitrogens is 2. The Balaban J connectivity index is 1.30. The van der Waals surface area contributed by atoms with Crippen LogP contribution in [-0.2, 0) is 6.54 Å². The largest absolute Gasteiger partial charge is 0.412 e.